The van der Waals surface area contributed by atoms with E-state index in [4.69, 9.17) is 9.47 Å². The van der Waals surface area contributed by atoms with E-state index in [1.165, 1.54) is 11.3 Å². The number of nitrogens with zero attached hydrogens (tertiary/aromatic N) is 1. The van der Waals surface area contributed by atoms with Crippen LogP contribution in [0.4, 0.5) is 5.69 Å². The molecule has 1 N–H and O–H groups in total. The van der Waals surface area contributed by atoms with Gasteiger partial charge in [0.25, 0.3) is 0 Å². The molecule has 29 heavy (non-hydrogen) atoms. The first kappa shape index (κ1) is 20.7. The third-order valence-electron chi connectivity index (χ3n) is 4.10. The summed E-state index contributed by atoms with van der Waals surface area (Å²) >= 11 is 1.37. The van der Waals surface area contributed by atoms with Crippen LogP contribution >= 0.6 is 11.3 Å². The number of hydrogen-bond donors (Lipinski definition) is 1. The van der Waals surface area contributed by atoms with Crippen LogP contribution in [0.5, 0.6) is 0 Å². The van der Waals surface area contributed by atoms with Gasteiger partial charge in [0.2, 0.25) is 5.91 Å². The summed E-state index contributed by atoms with van der Waals surface area (Å²) in [5.74, 6) is -0.552. The van der Waals surface area contributed by atoms with Crippen molar-refractivity contribution in [3.8, 4) is 0 Å². The lowest BCUT2D eigenvalue weighted by atomic mass is 10.1. The van der Waals surface area contributed by atoms with Crippen molar-refractivity contribution in [1.82, 2.24) is 4.98 Å². The largest absolute Gasteiger partial charge is 0.456 e. The lowest BCUT2D eigenvalue weighted by Crippen LogP contribution is -2.14. The molecule has 1 heterocycles. The summed E-state index contributed by atoms with van der Waals surface area (Å²) in [5, 5.41) is 5.31. The Bertz CT molecular complexity index is 965. The fraction of sp³-hybridized carbons (Fsp3) is 0.227. The Hall–Kier alpha value is -3.03. The van der Waals surface area contributed by atoms with Gasteiger partial charge in [0.05, 0.1) is 24.3 Å². The highest BCUT2D eigenvalue weighted by molar-refractivity contribution is 7.09. The molecule has 0 unspecified atom stereocenters. The first-order valence-electron chi connectivity index (χ1n) is 9.08. The van der Waals surface area contributed by atoms with Crippen LogP contribution in [-0.4, -0.2) is 24.0 Å². The van der Waals surface area contributed by atoms with Gasteiger partial charge in [-0.2, -0.15) is 0 Å². The first-order valence-corrected chi connectivity index (χ1v) is 9.96. The monoisotopic (exact) mass is 410 g/mol. The number of ether oxygens (including phenoxy) is 2. The van der Waals surface area contributed by atoms with E-state index in [1.54, 1.807) is 24.6 Å². The van der Waals surface area contributed by atoms with Crippen molar-refractivity contribution in [3.05, 3.63) is 81.3 Å². The molecule has 0 saturated heterocycles. The van der Waals surface area contributed by atoms with Crippen molar-refractivity contribution in [2.24, 2.45) is 0 Å². The lowest BCUT2D eigenvalue weighted by Gasteiger charge is -2.05. The molecule has 0 atom stereocenters. The number of thiazole rings is 1. The summed E-state index contributed by atoms with van der Waals surface area (Å²) in [6.07, 6.45) is 0.174. The summed E-state index contributed by atoms with van der Waals surface area (Å²) in [6.45, 7) is 2.55. The van der Waals surface area contributed by atoms with Crippen LogP contribution in [0.3, 0.4) is 0 Å². The summed E-state index contributed by atoms with van der Waals surface area (Å²) < 4.78 is 10.4. The maximum Gasteiger partial charge on any atom is 0.338 e. The number of esters is 1. The predicted molar refractivity (Wildman–Crippen MR) is 112 cm³/mol. The number of benzene rings is 2. The summed E-state index contributed by atoms with van der Waals surface area (Å²) in [6, 6.07) is 14.7. The Balaban J connectivity index is 1.48. The number of nitrogens with one attached hydrogen (secondary N) is 1. The SMILES string of the molecule is COCc1ccc(C(=O)OCc2csc(CC(=O)Nc3ccc(C)cc3)n2)cc1. The molecule has 0 radical (unpaired) electrons. The Labute approximate surface area is 173 Å². The highest BCUT2D eigenvalue weighted by Crippen LogP contribution is 2.15. The van der Waals surface area contributed by atoms with E-state index in [0.717, 1.165) is 16.8 Å². The third kappa shape index (κ3) is 6.23. The van der Waals surface area contributed by atoms with E-state index in [-0.39, 0.29) is 18.9 Å². The van der Waals surface area contributed by atoms with Crippen LogP contribution in [0.15, 0.2) is 53.9 Å². The zero-order valence-electron chi connectivity index (χ0n) is 16.3. The lowest BCUT2D eigenvalue weighted by molar-refractivity contribution is -0.115. The number of methoxy groups -OCH3 is 1. The van der Waals surface area contributed by atoms with E-state index in [1.807, 2.05) is 43.3 Å². The molecule has 1 aromatic heterocycles. The molecule has 6 nitrogen and oxygen atoms in total. The number of rotatable bonds is 8. The molecule has 3 rings (SSSR count). The molecule has 1 amide bonds. The number of aryl methyl sites for hydroxylation is 1. The van der Waals surface area contributed by atoms with Gasteiger partial charge in [-0.25, -0.2) is 9.78 Å². The first-order chi connectivity index (χ1) is 14.0. The fourth-order valence-electron chi connectivity index (χ4n) is 2.60. The van der Waals surface area contributed by atoms with E-state index in [0.29, 0.717) is 22.9 Å². The predicted octanol–water partition coefficient (Wildman–Crippen LogP) is 4.14. The summed E-state index contributed by atoms with van der Waals surface area (Å²) in [4.78, 5) is 28.7. The van der Waals surface area contributed by atoms with Gasteiger partial charge in [0, 0.05) is 18.2 Å². The maximum atomic E-state index is 12.2. The minimum absolute atomic E-state index is 0.0642. The van der Waals surface area contributed by atoms with Gasteiger partial charge in [-0.15, -0.1) is 11.3 Å². The molecule has 0 spiro atoms. The van der Waals surface area contributed by atoms with E-state index < -0.39 is 5.97 Å². The van der Waals surface area contributed by atoms with Gasteiger partial charge in [0.1, 0.15) is 11.6 Å². The van der Waals surface area contributed by atoms with Crippen molar-refractivity contribution >= 4 is 28.9 Å². The van der Waals surface area contributed by atoms with E-state index >= 15 is 0 Å². The van der Waals surface area contributed by atoms with Crippen molar-refractivity contribution < 1.29 is 19.1 Å². The van der Waals surface area contributed by atoms with Crippen LogP contribution in [0.1, 0.15) is 32.2 Å². The van der Waals surface area contributed by atoms with Gasteiger partial charge in [-0.05, 0) is 36.8 Å². The number of hydrogen-bond acceptors (Lipinski definition) is 6. The Morgan fingerprint density at radius 3 is 2.45 bits per heavy atom. The molecule has 2 aromatic carbocycles. The molecule has 0 fully saturated rings. The number of aromatic nitrogens is 1. The number of amides is 1. The average Bonchev–Trinajstić information content (AvgIpc) is 3.16. The normalized spacial score (nSPS) is 10.6. The summed E-state index contributed by atoms with van der Waals surface area (Å²) in [5.41, 5.74) is 3.96. The fourth-order valence-corrected chi connectivity index (χ4v) is 3.38. The van der Waals surface area contributed by atoms with Gasteiger partial charge >= 0.3 is 5.97 Å². The second-order valence-electron chi connectivity index (χ2n) is 6.53. The molecular formula is C22H22N2O4S. The highest BCUT2D eigenvalue weighted by Gasteiger charge is 2.11. The standard InChI is InChI=1S/C22H22N2O4S/c1-15-3-9-18(10-4-15)23-20(25)11-21-24-19(14-29-21)13-28-22(26)17-7-5-16(6-8-17)12-27-2/h3-10,14H,11-13H2,1-2H3,(H,23,25). The van der Waals surface area contributed by atoms with Crippen LogP contribution in [-0.2, 0) is 33.9 Å². The van der Waals surface area contributed by atoms with Crippen molar-refractivity contribution in [3.63, 3.8) is 0 Å². The molecule has 0 aliphatic heterocycles. The van der Waals surface area contributed by atoms with E-state index in [2.05, 4.69) is 10.3 Å². The molecule has 0 bridgehead atoms. The van der Waals surface area contributed by atoms with Crippen LogP contribution in [0.25, 0.3) is 0 Å². The van der Waals surface area contributed by atoms with Crippen LogP contribution in [0.2, 0.25) is 0 Å². The molecular weight excluding hydrogens is 388 g/mol. The second kappa shape index (κ2) is 9.95. The van der Waals surface area contributed by atoms with E-state index in [9.17, 15) is 9.59 Å². The summed E-state index contributed by atoms with van der Waals surface area (Å²) in [7, 11) is 1.62. The van der Waals surface area contributed by atoms with Gasteiger partial charge in [-0.1, -0.05) is 29.8 Å². The Kier molecular flexibility index (Phi) is 7.10. The van der Waals surface area contributed by atoms with Crippen molar-refractivity contribution in [2.75, 3.05) is 12.4 Å². The van der Waals surface area contributed by atoms with Crippen molar-refractivity contribution in [1.29, 1.82) is 0 Å². The zero-order valence-corrected chi connectivity index (χ0v) is 17.1. The average molecular weight is 410 g/mol. The highest BCUT2D eigenvalue weighted by atomic mass is 32.1. The quantitative estimate of drug-likeness (QED) is 0.565. The smallest absolute Gasteiger partial charge is 0.338 e. The maximum absolute atomic E-state index is 12.2. The molecule has 150 valence electrons. The van der Waals surface area contributed by atoms with Crippen LogP contribution in [0, 0.1) is 6.92 Å². The topological polar surface area (TPSA) is 77.5 Å². The minimum Gasteiger partial charge on any atom is -0.456 e. The second-order valence-corrected chi connectivity index (χ2v) is 7.47. The molecule has 7 heteroatoms. The molecule has 0 aliphatic rings. The van der Waals surface area contributed by atoms with Gasteiger partial charge in [-0.3, -0.25) is 4.79 Å². The van der Waals surface area contributed by atoms with Gasteiger partial charge < -0.3 is 14.8 Å². The molecule has 0 saturated carbocycles. The Morgan fingerprint density at radius 1 is 1.03 bits per heavy atom. The number of carbonyl (C=O) groups excluding carboxylic acids is 2. The van der Waals surface area contributed by atoms with Gasteiger partial charge in [0.15, 0.2) is 0 Å². The number of anilines is 1. The molecule has 3 aromatic rings. The minimum atomic E-state index is -0.416. The number of carbonyl (C=O) groups is 2. The Morgan fingerprint density at radius 2 is 1.76 bits per heavy atom. The zero-order chi connectivity index (χ0) is 20.6. The van der Waals surface area contributed by atoms with Crippen LogP contribution < -0.4 is 5.32 Å². The molecule has 0 aliphatic carbocycles. The third-order valence-corrected chi connectivity index (χ3v) is 5.00. The van der Waals surface area contributed by atoms with Crippen molar-refractivity contribution in [2.45, 2.75) is 26.6 Å².